The minimum atomic E-state index is -1.04. The minimum Gasteiger partial charge on any atom is -0.494 e. The molecular weight excluding hydrogens is 296 g/mol. The minimum absolute atomic E-state index is 0.124. The van der Waals surface area contributed by atoms with Gasteiger partial charge in [-0.15, -0.1) is 0 Å². The summed E-state index contributed by atoms with van der Waals surface area (Å²) in [7, 11) is 0. The lowest BCUT2D eigenvalue weighted by Crippen LogP contribution is -2.30. The van der Waals surface area contributed by atoms with Crippen LogP contribution in [0.25, 0.3) is 0 Å². The molecule has 0 bridgehead atoms. The molecule has 0 spiro atoms. The Labute approximate surface area is 134 Å². The summed E-state index contributed by atoms with van der Waals surface area (Å²) < 4.78 is 5.51. The van der Waals surface area contributed by atoms with Crippen molar-refractivity contribution in [2.45, 2.75) is 6.42 Å². The normalized spacial score (nSPS) is 9.91. The van der Waals surface area contributed by atoms with Crippen LogP contribution in [-0.2, 0) is 0 Å². The number of hydrogen-bond acceptors (Lipinski definition) is 3. The number of amides is 2. The van der Waals surface area contributed by atoms with E-state index in [9.17, 15) is 9.59 Å². The van der Waals surface area contributed by atoms with Crippen LogP contribution in [0.3, 0.4) is 0 Å². The number of rotatable bonds is 7. The summed E-state index contributed by atoms with van der Waals surface area (Å²) in [6, 6.07) is 15.1. The second-order valence-corrected chi connectivity index (χ2v) is 4.78. The molecule has 23 heavy (non-hydrogen) atoms. The van der Waals surface area contributed by atoms with Crippen LogP contribution in [0.2, 0.25) is 0 Å². The highest BCUT2D eigenvalue weighted by Gasteiger charge is 2.05. The van der Waals surface area contributed by atoms with Crippen molar-refractivity contribution in [1.29, 1.82) is 0 Å². The summed E-state index contributed by atoms with van der Waals surface area (Å²) in [6.07, 6.45) is 0.664. The largest absolute Gasteiger partial charge is 0.494 e. The number of benzene rings is 2. The van der Waals surface area contributed by atoms with Gasteiger partial charge in [-0.2, -0.15) is 0 Å². The van der Waals surface area contributed by atoms with Crippen molar-refractivity contribution in [2.24, 2.45) is 0 Å². The standard InChI is InChI=1S/C17H18N2O4/c20-16(21)13-6-4-7-14(12-13)19-17(22)18-10-5-11-23-15-8-2-1-3-9-15/h1-4,6-9,12H,5,10-11H2,(H,20,21)(H2,18,19,22). The van der Waals surface area contributed by atoms with Gasteiger partial charge in [-0.05, 0) is 36.8 Å². The number of nitrogens with one attached hydrogen (secondary N) is 2. The highest BCUT2D eigenvalue weighted by atomic mass is 16.5. The molecule has 0 atom stereocenters. The molecule has 2 rings (SSSR count). The Balaban J connectivity index is 1.67. The number of anilines is 1. The van der Waals surface area contributed by atoms with Gasteiger partial charge in [-0.1, -0.05) is 24.3 Å². The first-order valence-corrected chi connectivity index (χ1v) is 7.21. The third-order valence-electron chi connectivity index (χ3n) is 2.99. The van der Waals surface area contributed by atoms with Crippen molar-refractivity contribution in [3.05, 3.63) is 60.2 Å². The van der Waals surface area contributed by atoms with Crippen LogP contribution in [0.5, 0.6) is 5.75 Å². The maximum atomic E-state index is 11.7. The number of carboxylic acids is 1. The van der Waals surface area contributed by atoms with Crippen LogP contribution in [0, 0.1) is 0 Å². The molecule has 6 heteroatoms. The average Bonchev–Trinajstić information content (AvgIpc) is 2.55. The summed E-state index contributed by atoms with van der Waals surface area (Å²) in [4.78, 5) is 22.6. The van der Waals surface area contributed by atoms with Crippen LogP contribution in [0.15, 0.2) is 54.6 Å². The molecule has 2 amide bonds. The zero-order valence-electron chi connectivity index (χ0n) is 12.5. The second-order valence-electron chi connectivity index (χ2n) is 4.78. The van der Waals surface area contributed by atoms with Crippen molar-refractivity contribution in [1.82, 2.24) is 5.32 Å². The number of carboxylic acid groups (broad SMARTS) is 1. The lowest BCUT2D eigenvalue weighted by Gasteiger charge is -2.09. The fourth-order valence-electron chi connectivity index (χ4n) is 1.89. The Bertz CT molecular complexity index is 659. The van der Waals surface area contributed by atoms with Gasteiger partial charge in [0, 0.05) is 12.2 Å². The summed E-state index contributed by atoms with van der Waals surface area (Å²) in [5, 5.41) is 14.2. The molecule has 0 saturated carbocycles. The highest BCUT2D eigenvalue weighted by Crippen LogP contribution is 2.10. The second kappa shape index (κ2) is 8.43. The van der Waals surface area contributed by atoms with Crippen molar-refractivity contribution < 1.29 is 19.4 Å². The molecular formula is C17H18N2O4. The first kappa shape index (κ1) is 16.4. The Morgan fingerprint density at radius 2 is 1.83 bits per heavy atom. The Morgan fingerprint density at radius 1 is 1.04 bits per heavy atom. The van der Waals surface area contributed by atoms with E-state index in [0.717, 1.165) is 5.75 Å². The van der Waals surface area contributed by atoms with Gasteiger partial charge in [-0.3, -0.25) is 0 Å². The molecule has 0 unspecified atom stereocenters. The molecule has 3 N–H and O–H groups in total. The molecule has 0 radical (unpaired) electrons. The molecule has 0 fully saturated rings. The number of hydrogen-bond donors (Lipinski definition) is 3. The molecule has 6 nitrogen and oxygen atoms in total. The van der Waals surface area contributed by atoms with E-state index >= 15 is 0 Å². The van der Waals surface area contributed by atoms with E-state index in [1.807, 2.05) is 30.3 Å². The number of ether oxygens (including phenoxy) is 1. The molecule has 0 saturated heterocycles. The maximum absolute atomic E-state index is 11.7. The van der Waals surface area contributed by atoms with Gasteiger partial charge in [0.05, 0.1) is 12.2 Å². The van der Waals surface area contributed by atoms with Gasteiger partial charge in [0.25, 0.3) is 0 Å². The van der Waals surface area contributed by atoms with Gasteiger partial charge in [0.15, 0.2) is 0 Å². The van der Waals surface area contributed by atoms with Crippen LogP contribution >= 0.6 is 0 Å². The molecule has 0 aromatic heterocycles. The predicted molar refractivity (Wildman–Crippen MR) is 87.0 cm³/mol. The van der Waals surface area contributed by atoms with Gasteiger partial charge in [0.1, 0.15) is 5.75 Å². The summed E-state index contributed by atoms with van der Waals surface area (Å²) in [5.74, 6) is -0.241. The van der Waals surface area contributed by atoms with Crippen LogP contribution < -0.4 is 15.4 Å². The topological polar surface area (TPSA) is 87.7 Å². The SMILES string of the molecule is O=C(NCCCOc1ccccc1)Nc1cccc(C(=O)O)c1. The number of urea groups is 1. The fourth-order valence-corrected chi connectivity index (χ4v) is 1.89. The van der Waals surface area contributed by atoms with Crippen LogP contribution in [0.4, 0.5) is 10.5 Å². The summed E-state index contributed by atoms with van der Waals surface area (Å²) in [5.41, 5.74) is 0.557. The molecule has 2 aromatic rings. The molecule has 0 aliphatic heterocycles. The zero-order valence-corrected chi connectivity index (χ0v) is 12.5. The third-order valence-corrected chi connectivity index (χ3v) is 2.99. The van der Waals surface area contributed by atoms with Crippen LogP contribution in [0.1, 0.15) is 16.8 Å². The quantitative estimate of drug-likeness (QED) is 0.686. The first-order chi connectivity index (χ1) is 11.1. The molecule has 2 aromatic carbocycles. The summed E-state index contributed by atoms with van der Waals surface area (Å²) >= 11 is 0. The van der Waals surface area contributed by atoms with E-state index < -0.39 is 5.97 Å². The Morgan fingerprint density at radius 3 is 2.57 bits per heavy atom. The number of para-hydroxylation sites is 1. The fraction of sp³-hybridized carbons (Fsp3) is 0.176. The maximum Gasteiger partial charge on any atom is 0.335 e. The van der Waals surface area contributed by atoms with Gasteiger partial charge in [0.2, 0.25) is 0 Å². The van der Waals surface area contributed by atoms with Crippen molar-refractivity contribution in [2.75, 3.05) is 18.5 Å². The number of carbonyl (C=O) groups is 2. The van der Waals surface area contributed by atoms with Crippen molar-refractivity contribution in [3.63, 3.8) is 0 Å². The van der Waals surface area contributed by atoms with E-state index in [2.05, 4.69) is 10.6 Å². The lowest BCUT2D eigenvalue weighted by atomic mass is 10.2. The Hall–Kier alpha value is -3.02. The summed E-state index contributed by atoms with van der Waals surface area (Å²) in [6.45, 7) is 0.954. The monoisotopic (exact) mass is 314 g/mol. The van der Waals surface area contributed by atoms with E-state index in [0.29, 0.717) is 25.3 Å². The van der Waals surface area contributed by atoms with Gasteiger partial charge < -0.3 is 20.5 Å². The van der Waals surface area contributed by atoms with Crippen LogP contribution in [-0.4, -0.2) is 30.3 Å². The van der Waals surface area contributed by atoms with E-state index in [4.69, 9.17) is 9.84 Å². The van der Waals surface area contributed by atoms with Gasteiger partial charge >= 0.3 is 12.0 Å². The smallest absolute Gasteiger partial charge is 0.335 e. The third kappa shape index (κ3) is 5.70. The van der Waals surface area contributed by atoms with E-state index in [1.54, 1.807) is 12.1 Å². The van der Waals surface area contributed by atoms with E-state index in [1.165, 1.54) is 12.1 Å². The molecule has 0 aliphatic rings. The van der Waals surface area contributed by atoms with Gasteiger partial charge in [-0.25, -0.2) is 9.59 Å². The van der Waals surface area contributed by atoms with E-state index in [-0.39, 0.29) is 11.6 Å². The molecule has 120 valence electrons. The number of carbonyl (C=O) groups excluding carboxylic acids is 1. The predicted octanol–water partition coefficient (Wildman–Crippen LogP) is 2.98. The first-order valence-electron chi connectivity index (χ1n) is 7.21. The zero-order chi connectivity index (χ0) is 16.5. The molecule has 0 heterocycles. The highest BCUT2D eigenvalue weighted by molar-refractivity contribution is 5.93. The number of aromatic carboxylic acids is 1. The molecule has 0 aliphatic carbocycles. The van der Waals surface area contributed by atoms with Crippen molar-refractivity contribution in [3.8, 4) is 5.75 Å². The average molecular weight is 314 g/mol. The Kier molecular flexibility index (Phi) is 5.99. The lowest BCUT2D eigenvalue weighted by molar-refractivity contribution is 0.0697. The van der Waals surface area contributed by atoms with Crippen molar-refractivity contribution >= 4 is 17.7 Å².